The van der Waals surface area contributed by atoms with Gasteiger partial charge >= 0.3 is 6.09 Å². The van der Waals surface area contributed by atoms with Gasteiger partial charge in [-0.05, 0) is 46.7 Å². The number of hydrogen-bond acceptors (Lipinski definition) is 3. The average Bonchev–Trinajstić information content (AvgIpc) is 2.79. The molecule has 1 heterocycles. The first kappa shape index (κ1) is 23.9. The number of ether oxygens (including phenoxy) is 1. The van der Waals surface area contributed by atoms with Crippen molar-refractivity contribution in [2.45, 2.75) is 33.8 Å². The molecule has 2 aromatic rings. The van der Waals surface area contributed by atoms with E-state index in [1.54, 1.807) is 16.7 Å². The third kappa shape index (κ3) is 6.86. The molecule has 1 aliphatic rings. The van der Waals surface area contributed by atoms with E-state index in [4.69, 9.17) is 4.74 Å². The number of carbonyl (C=O) groups is 2. The van der Waals surface area contributed by atoms with Gasteiger partial charge in [-0.1, -0.05) is 68.0 Å². The summed E-state index contributed by atoms with van der Waals surface area (Å²) in [5, 5.41) is 0. The average molecular weight is 520 g/mol. The minimum atomic E-state index is -0.305. The molecule has 2 amide bonds. The molecule has 30 heavy (non-hydrogen) atoms. The summed E-state index contributed by atoms with van der Waals surface area (Å²) < 4.78 is 6.44. The lowest BCUT2D eigenvalue weighted by Gasteiger charge is -2.29. The van der Waals surface area contributed by atoms with Crippen LogP contribution in [0.4, 0.5) is 10.5 Å². The van der Waals surface area contributed by atoms with E-state index in [1.165, 1.54) is 0 Å². The van der Waals surface area contributed by atoms with E-state index in [1.807, 2.05) is 74.5 Å². The second-order valence-corrected chi connectivity index (χ2v) is 7.82. The predicted octanol–water partition coefficient (Wildman–Crippen LogP) is 5.64. The first-order valence-corrected chi connectivity index (χ1v) is 11.3. The molecule has 5 nitrogen and oxygen atoms in total. The highest BCUT2D eigenvalue weighted by Crippen LogP contribution is 2.24. The monoisotopic (exact) mass is 520 g/mol. The van der Waals surface area contributed by atoms with Crippen molar-refractivity contribution in [3.05, 3.63) is 75.4 Å². The molecule has 0 atom stereocenters. The second kappa shape index (κ2) is 12.4. The van der Waals surface area contributed by atoms with E-state index >= 15 is 0 Å². The number of nitrogens with zero attached hydrogens (tertiary/aromatic N) is 2. The molecule has 2 aromatic carbocycles. The number of halogens is 1. The van der Waals surface area contributed by atoms with Crippen LogP contribution in [0.25, 0.3) is 0 Å². The molecule has 0 bridgehead atoms. The van der Waals surface area contributed by atoms with Crippen LogP contribution in [-0.2, 0) is 16.1 Å². The van der Waals surface area contributed by atoms with Gasteiger partial charge in [-0.3, -0.25) is 4.79 Å². The summed E-state index contributed by atoms with van der Waals surface area (Å²) in [5.74, 6) is 0.00900. The summed E-state index contributed by atoms with van der Waals surface area (Å²) in [5.41, 5.74) is 3.04. The van der Waals surface area contributed by atoms with Crippen LogP contribution >= 0.6 is 22.6 Å². The lowest BCUT2D eigenvalue weighted by Crippen LogP contribution is -2.38. The maximum absolute atomic E-state index is 12.3. The van der Waals surface area contributed by atoms with Crippen molar-refractivity contribution in [1.29, 1.82) is 0 Å². The van der Waals surface area contributed by atoms with Crippen LogP contribution in [0.15, 0.2) is 66.2 Å². The molecule has 0 saturated heterocycles. The normalized spacial score (nSPS) is 12.9. The number of rotatable bonds is 5. The standard InChI is InChI=1S/C22H23IN2O3.C2H6/c1-17(26)25(21-10-6-5-9-20(21)23)15-18-11-13-24(14-12-18)22(27)28-16-19-7-3-2-4-8-19;1-2/h2-11H,12-16H2,1H3;1-2H3. The highest BCUT2D eigenvalue weighted by molar-refractivity contribution is 14.1. The van der Waals surface area contributed by atoms with Crippen molar-refractivity contribution >= 4 is 40.3 Å². The summed E-state index contributed by atoms with van der Waals surface area (Å²) in [7, 11) is 0. The molecular formula is C24H29IN2O3. The fourth-order valence-electron chi connectivity index (χ4n) is 3.07. The zero-order valence-corrected chi connectivity index (χ0v) is 20.0. The molecule has 0 aliphatic carbocycles. The minimum absolute atomic E-state index is 0.00900. The number of carbonyl (C=O) groups excluding carboxylic acids is 2. The Kier molecular flexibility index (Phi) is 9.86. The van der Waals surface area contributed by atoms with Gasteiger partial charge in [0.2, 0.25) is 5.91 Å². The van der Waals surface area contributed by atoms with Gasteiger partial charge in [-0.15, -0.1) is 0 Å². The zero-order valence-electron chi connectivity index (χ0n) is 17.8. The van der Waals surface area contributed by atoms with Gasteiger partial charge in [0, 0.05) is 30.1 Å². The van der Waals surface area contributed by atoms with Crippen molar-refractivity contribution in [1.82, 2.24) is 4.90 Å². The van der Waals surface area contributed by atoms with E-state index in [9.17, 15) is 9.59 Å². The van der Waals surface area contributed by atoms with Crippen molar-refractivity contribution < 1.29 is 14.3 Å². The molecule has 0 spiro atoms. The van der Waals surface area contributed by atoms with Gasteiger partial charge < -0.3 is 14.5 Å². The third-order valence-corrected chi connectivity index (χ3v) is 5.56. The van der Waals surface area contributed by atoms with Gasteiger partial charge in [0.05, 0.1) is 5.69 Å². The molecule has 0 fully saturated rings. The fraction of sp³-hybridized carbons (Fsp3) is 0.333. The Bertz CT molecular complexity index is 868. The van der Waals surface area contributed by atoms with Crippen LogP contribution < -0.4 is 4.90 Å². The van der Waals surface area contributed by atoms with Crippen LogP contribution in [-0.4, -0.2) is 36.5 Å². The maximum atomic E-state index is 12.3. The largest absolute Gasteiger partial charge is 0.445 e. The number of benzene rings is 2. The smallest absolute Gasteiger partial charge is 0.410 e. The van der Waals surface area contributed by atoms with E-state index in [0.717, 1.165) is 26.8 Å². The lowest BCUT2D eigenvalue weighted by molar-refractivity contribution is -0.116. The molecule has 1 aliphatic heterocycles. The van der Waals surface area contributed by atoms with Gasteiger partial charge in [0.1, 0.15) is 6.61 Å². The highest BCUT2D eigenvalue weighted by Gasteiger charge is 2.21. The fourth-order valence-corrected chi connectivity index (χ4v) is 3.75. The molecule has 0 unspecified atom stereocenters. The second-order valence-electron chi connectivity index (χ2n) is 6.66. The van der Waals surface area contributed by atoms with E-state index < -0.39 is 0 Å². The van der Waals surface area contributed by atoms with Crippen LogP contribution in [0.5, 0.6) is 0 Å². The van der Waals surface area contributed by atoms with E-state index in [0.29, 0.717) is 19.6 Å². The van der Waals surface area contributed by atoms with E-state index in [2.05, 4.69) is 22.6 Å². The number of amides is 2. The van der Waals surface area contributed by atoms with Crippen LogP contribution in [0.2, 0.25) is 0 Å². The summed E-state index contributed by atoms with van der Waals surface area (Å²) in [6.07, 6.45) is 2.45. The molecule has 0 N–H and O–H groups in total. The number of para-hydroxylation sites is 1. The quantitative estimate of drug-likeness (QED) is 0.379. The molecular weight excluding hydrogens is 491 g/mol. The van der Waals surface area contributed by atoms with Crippen molar-refractivity contribution in [2.24, 2.45) is 0 Å². The molecule has 160 valence electrons. The van der Waals surface area contributed by atoms with Gasteiger partial charge in [-0.2, -0.15) is 0 Å². The lowest BCUT2D eigenvalue weighted by atomic mass is 10.1. The van der Waals surface area contributed by atoms with Crippen molar-refractivity contribution in [3.63, 3.8) is 0 Å². The molecule has 0 saturated carbocycles. The summed E-state index contributed by atoms with van der Waals surface area (Å²) in [6.45, 7) is 7.50. The molecule has 3 rings (SSSR count). The Morgan fingerprint density at radius 3 is 2.33 bits per heavy atom. The third-order valence-electron chi connectivity index (χ3n) is 4.65. The Labute approximate surface area is 192 Å². The molecule has 6 heteroatoms. The SMILES string of the molecule is CC.CC(=O)N(CC1=CCN(C(=O)OCc2ccccc2)CC1)c1ccccc1I. The summed E-state index contributed by atoms with van der Waals surface area (Å²) in [4.78, 5) is 27.9. The topological polar surface area (TPSA) is 49.9 Å². The first-order chi connectivity index (χ1) is 14.5. The Morgan fingerprint density at radius 1 is 1.07 bits per heavy atom. The minimum Gasteiger partial charge on any atom is -0.445 e. The molecule has 0 radical (unpaired) electrons. The van der Waals surface area contributed by atoms with Crippen LogP contribution in [0.3, 0.4) is 0 Å². The Morgan fingerprint density at radius 2 is 1.73 bits per heavy atom. The predicted molar refractivity (Wildman–Crippen MR) is 129 cm³/mol. The van der Waals surface area contributed by atoms with Gasteiger partial charge in [0.15, 0.2) is 0 Å². The Balaban J connectivity index is 0.00000155. The van der Waals surface area contributed by atoms with Gasteiger partial charge in [0.25, 0.3) is 0 Å². The van der Waals surface area contributed by atoms with Crippen LogP contribution in [0.1, 0.15) is 32.8 Å². The number of hydrogen-bond donors (Lipinski definition) is 0. The molecule has 0 aromatic heterocycles. The summed E-state index contributed by atoms with van der Waals surface area (Å²) in [6, 6.07) is 17.5. The summed E-state index contributed by atoms with van der Waals surface area (Å²) >= 11 is 2.25. The van der Waals surface area contributed by atoms with Crippen molar-refractivity contribution in [2.75, 3.05) is 24.5 Å². The first-order valence-electron chi connectivity index (χ1n) is 10.2. The maximum Gasteiger partial charge on any atom is 0.410 e. The van der Waals surface area contributed by atoms with Crippen molar-refractivity contribution in [3.8, 4) is 0 Å². The van der Waals surface area contributed by atoms with E-state index in [-0.39, 0.29) is 18.6 Å². The van der Waals surface area contributed by atoms with Gasteiger partial charge in [-0.25, -0.2) is 4.79 Å². The van der Waals surface area contributed by atoms with Crippen LogP contribution in [0, 0.1) is 3.57 Å². The highest BCUT2D eigenvalue weighted by atomic mass is 127. The zero-order chi connectivity index (χ0) is 21.9. The number of anilines is 1. The Hall–Kier alpha value is -2.35.